The van der Waals surface area contributed by atoms with Gasteiger partial charge in [-0.2, -0.15) is 0 Å². The van der Waals surface area contributed by atoms with Gasteiger partial charge < -0.3 is 5.32 Å². The van der Waals surface area contributed by atoms with Gasteiger partial charge in [-0.15, -0.1) is 11.3 Å². The van der Waals surface area contributed by atoms with Crippen LogP contribution >= 0.6 is 11.3 Å². The van der Waals surface area contributed by atoms with E-state index in [4.69, 9.17) is 0 Å². The second-order valence-electron chi connectivity index (χ2n) is 6.36. The van der Waals surface area contributed by atoms with Crippen LogP contribution in [0.25, 0.3) is 0 Å². The molecule has 0 aliphatic heterocycles. The van der Waals surface area contributed by atoms with Gasteiger partial charge in [0.15, 0.2) is 0 Å². The highest BCUT2D eigenvalue weighted by Crippen LogP contribution is 2.22. The molecule has 112 valence electrons. The van der Waals surface area contributed by atoms with E-state index in [-0.39, 0.29) is 0 Å². The van der Waals surface area contributed by atoms with E-state index in [1.54, 1.807) is 0 Å². The summed E-state index contributed by atoms with van der Waals surface area (Å²) in [6, 6.07) is 14.2. The SMILES string of the molecule is Cc1cccc(CC(CCc2cccs2)CNC2CC2)c1. The van der Waals surface area contributed by atoms with Crippen LogP contribution in [0.5, 0.6) is 0 Å². The molecule has 1 fully saturated rings. The largest absolute Gasteiger partial charge is 0.314 e. The Balaban J connectivity index is 1.57. The standard InChI is InChI=1S/C19H25NS/c1-15-4-2-5-16(12-15)13-17(14-20-18-8-9-18)7-10-19-6-3-11-21-19/h2-6,11-12,17-18,20H,7-10,13-14H2,1H3. The molecule has 2 aromatic rings. The van der Waals surface area contributed by atoms with E-state index in [2.05, 4.69) is 54.0 Å². The zero-order chi connectivity index (χ0) is 14.5. The first-order valence-electron chi connectivity index (χ1n) is 8.11. The average molecular weight is 299 g/mol. The predicted molar refractivity (Wildman–Crippen MR) is 92.0 cm³/mol. The first-order valence-corrected chi connectivity index (χ1v) is 8.99. The van der Waals surface area contributed by atoms with Gasteiger partial charge in [0.2, 0.25) is 0 Å². The molecule has 2 heteroatoms. The van der Waals surface area contributed by atoms with Crippen molar-refractivity contribution in [1.29, 1.82) is 0 Å². The van der Waals surface area contributed by atoms with Crippen LogP contribution in [0.2, 0.25) is 0 Å². The van der Waals surface area contributed by atoms with Crippen molar-refractivity contribution < 1.29 is 0 Å². The van der Waals surface area contributed by atoms with Crippen LogP contribution in [0.15, 0.2) is 41.8 Å². The van der Waals surface area contributed by atoms with Crippen LogP contribution in [-0.2, 0) is 12.8 Å². The van der Waals surface area contributed by atoms with Crippen LogP contribution in [0.1, 0.15) is 35.3 Å². The highest BCUT2D eigenvalue weighted by Gasteiger charge is 2.22. The fraction of sp³-hybridized carbons (Fsp3) is 0.474. The normalized spacial score (nSPS) is 16.0. The topological polar surface area (TPSA) is 12.0 Å². The van der Waals surface area contributed by atoms with Crippen molar-refractivity contribution in [2.45, 2.75) is 45.1 Å². The third-order valence-electron chi connectivity index (χ3n) is 4.26. The van der Waals surface area contributed by atoms with Crippen molar-refractivity contribution in [2.75, 3.05) is 6.54 Å². The maximum absolute atomic E-state index is 3.73. The van der Waals surface area contributed by atoms with E-state index in [1.165, 1.54) is 54.7 Å². The predicted octanol–water partition coefficient (Wildman–Crippen LogP) is 4.60. The van der Waals surface area contributed by atoms with Crippen LogP contribution < -0.4 is 5.32 Å². The van der Waals surface area contributed by atoms with Crippen LogP contribution in [0, 0.1) is 12.8 Å². The van der Waals surface area contributed by atoms with E-state index < -0.39 is 0 Å². The highest BCUT2D eigenvalue weighted by molar-refractivity contribution is 7.09. The fourth-order valence-corrected chi connectivity index (χ4v) is 3.60. The number of rotatable bonds is 8. The molecular formula is C19H25NS. The summed E-state index contributed by atoms with van der Waals surface area (Å²) in [6.07, 6.45) is 6.46. The van der Waals surface area contributed by atoms with Gasteiger partial charge in [-0.1, -0.05) is 35.9 Å². The minimum absolute atomic E-state index is 0.745. The molecule has 1 aromatic heterocycles. The molecule has 0 radical (unpaired) electrons. The average Bonchev–Trinajstić information content (AvgIpc) is 3.16. The first kappa shape index (κ1) is 14.8. The zero-order valence-corrected chi connectivity index (χ0v) is 13.7. The zero-order valence-electron chi connectivity index (χ0n) is 12.8. The van der Waals surface area contributed by atoms with Crippen LogP contribution in [-0.4, -0.2) is 12.6 Å². The summed E-state index contributed by atoms with van der Waals surface area (Å²) in [6.45, 7) is 3.36. The van der Waals surface area contributed by atoms with Gasteiger partial charge in [-0.3, -0.25) is 0 Å². The van der Waals surface area contributed by atoms with Gasteiger partial charge in [-0.05, 0) is 68.5 Å². The molecule has 1 unspecified atom stereocenters. The summed E-state index contributed by atoms with van der Waals surface area (Å²) in [7, 11) is 0. The summed E-state index contributed by atoms with van der Waals surface area (Å²) in [5, 5.41) is 5.91. The molecule has 0 saturated heterocycles. The van der Waals surface area contributed by atoms with Crippen molar-refractivity contribution in [3.63, 3.8) is 0 Å². The second-order valence-corrected chi connectivity index (χ2v) is 7.39. The molecule has 1 atom stereocenters. The first-order chi connectivity index (χ1) is 10.3. The summed E-state index contributed by atoms with van der Waals surface area (Å²) >= 11 is 1.89. The molecule has 0 amide bonds. The lowest BCUT2D eigenvalue weighted by atomic mass is 9.93. The minimum atomic E-state index is 0.745. The van der Waals surface area contributed by atoms with Gasteiger partial charge in [0.1, 0.15) is 0 Å². The Bertz CT molecular complexity index is 542. The molecule has 1 saturated carbocycles. The second kappa shape index (κ2) is 7.24. The Morgan fingerprint density at radius 2 is 2.14 bits per heavy atom. The lowest BCUT2D eigenvalue weighted by Gasteiger charge is -2.18. The Kier molecular flexibility index (Phi) is 5.10. The highest BCUT2D eigenvalue weighted by atomic mass is 32.1. The van der Waals surface area contributed by atoms with Crippen molar-refractivity contribution in [3.8, 4) is 0 Å². The monoisotopic (exact) mass is 299 g/mol. The smallest absolute Gasteiger partial charge is 0.00683 e. The Morgan fingerprint density at radius 3 is 2.86 bits per heavy atom. The van der Waals surface area contributed by atoms with Gasteiger partial charge in [0.05, 0.1) is 0 Å². The third-order valence-corrected chi connectivity index (χ3v) is 5.19. The quantitative estimate of drug-likeness (QED) is 0.751. The molecule has 1 aliphatic rings. The molecule has 0 spiro atoms. The number of hydrogen-bond acceptors (Lipinski definition) is 2. The van der Waals surface area contributed by atoms with Gasteiger partial charge in [0, 0.05) is 10.9 Å². The maximum Gasteiger partial charge on any atom is 0.00683 e. The van der Waals surface area contributed by atoms with Gasteiger partial charge >= 0.3 is 0 Å². The number of benzene rings is 1. The van der Waals surface area contributed by atoms with E-state index in [1.807, 2.05) is 11.3 Å². The summed E-state index contributed by atoms with van der Waals surface area (Å²) in [5.74, 6) is 0.745. The molecular weight excluding hydrogens is 274 g/mol. The molecule has 1 aliphatic carbocycles. The van der Waals surface area contributed by atoms with E-state index >= 15 is 0 Å². The van der Waals surface area contributed by atoms with Crippen molar-refractivity contribution in [3.05, 3.63) is 57.8 Å². The molecule has 1 N–H and O–H groups in total. The van der Waals surface area contributed by atoms with Crippen molar-refractivity contribution in [1.82, 2.24) is 5.32 Å². The minimum Gasteiger partial charge on any atom is -0.314 e. The molecule has 0 bridgehead atoms. The molecule has 1 heterocycles. The Labute approximate surface area is 132 Å². The Morgan fingerprint density at radius 1 is 1.24 bits per heavy atom. The third kappa shape index (κ3) is 4.98. The van der Waals surface area contributed by atoms with Crippen LogP contribution in [0.3, 0.4) is 0 Å². The van der Waals surface area contributed by atoms with E-state index in [0.29, 0.717) is 0 Å². The number of thiophene rings is 1. The van der Waals surface area contributed by atoms with Crippen molar-refractivity contribution >= 4 is 11.3 Å². The fourth-order valence-electron chi connectivity index (χ4n) is 2.87. The van der Waals surface area contributed by atoms with Crippen molar-refractivity contribution in [2.24, 2.45) is 5.92 Å². The van der Waals surface area contributed by atoms with E-state index in [0.717, 1.165) is 12.0 Å². The van der Waals surface area contributed by atoms with Gasteiger partial charge in [0.25, 0.3) is 0 Å². The lowest BCUT2D eigenvalue weighted by molar-refractivity contribution is 0.443. The molecule has 1 aromatic carbocycles. The number of aryl methyl sites for hydroxylation is 2. The van der Waals surface area contributed by atoms with E-state index in [9.17, 15) is 0 Å². The van der Waals surface area contributed by atoms with Crippen LogP contribution in [0.4, 0.5) is 0 Å². The summed E-state index contributed by atoms with van der Waals surface area (Å²) < 4.78 is 0. The molecule has 3 rings (SSSR count). The number of hydrogen-bond donors (Lipinski definition) is 1. The van der Waals surface area contributed by atoms with Gasteiger partial charge in [-0.25, -0.2) is 0 Å². The summed E-state index contributed by atoms with van der Waals surface area (Å²) in [5.41, 5.74) is 2.86. The maximum atomic E-state index is 3.73. The summed E-state index contributed by atoms with van der Waals surface area (Å²) in [4.78, 5) is 1.52. The lowest BCUT2D eigenvalue weighted by Crippen LogP contribution is -2.26. The molecule has 1 nitrogen and oxygen atoms in total. The number of nitrogens with one attached hydrogen (secondary N) is 1. The Hall–Kier alpha value is -1.12. The molecule has 21 heavy (non-hydrogen) atoms.